The Hall–Kier alpha value is -1.98. The number of carbonyl (C=O) groups is 1. The third kappa shape index (κ3) is 2.82. The van der Waals surface area contributed by atoms with E-state index in [-0.39, 0.29) is 5.92 Å². The zero-order valence-electron chi connectivity index (χ0n) is 10.3. The summed E-state index contributed by atoms with van der Waals surface area (Å²) in [5.41, 5.74) is 0.767. The van der Waals surface area contributed by atoms with Crippen molar-refractivity contribution in [3.8, 4) is 0 Å². The number of anilines is 1. The number of hydrogen-bond acceptors (Lipinski definition) is 5. The molecule has 0 atom stereocenters. The van der Waals surface area contributed by atoms with Gasteiger partial charge in [0, 0.05) is 32.4 Å². The van der Waals surface area contributed by atoms with Gasteiger partial charge in [-0.15, -0.1) is 0 Å². The van der Waals surface area contributed by atoms with Crippen LogP contribution >= 0.6 is 0 Å². The van der Waals surface area contributed by atoms with Crippen LogP contribution in [0.3, 0.4) is 0 Å². The predicted octanol–water partition coefficient (Wildman–Crippen LogP) is 0.826. The Kier molecular flexibility index (Phi) is 3.86. The van der Waals surface area contributed by atoms with Crippen molar-refractivity contribution in [2.45, 2.75) is 12.8 Å². The Morgan fingerprint density at radius 1 is 1.50 bits per heavy atom. The smallest absolute Gasteiger partial charge is 0.306 e. The molecule has 0 unspecified atom stereocenters. The number of piperidine rings is 1. The average Bonchev–Trinajstić information content (AvgIpc) is 2.39. The van der Waals surface area contributed by atoms with Gasteiger partial charge in [0.2, 0.25) is 0 Å². The Labute approximate surface area is 105 Å². The molecule has 6 heteroatoms. The number of aliphatic imine (C=N–C) groups is 1. The molecule has 0 bridgehead atoms. The van der Waals surface area contributed by atoms with Gasteiger partial charge in [-0.3, -0.25) is 9.79 Å². The van der Waals surface area contributed by atoms with Gasteiger partial charge in [0.15, 0.2) is 0 Å². The SMILES string of the molecule is CN=Cc1cc(N2CCC(C(=O)O)CC2)ncn1. The molecule has 6 nitrogen and oxygen atoms in total. The molecule has 1 N–H and O–H groups in total. The van der Waals surface area contributed by atoms with E-state index in [0.29, 0.717) is 12.8 Å². The molecule has 1 saturated heterocycles. The van der Waals surface area contributed by atoms with Gasteiger partial charge in [0.05, 0.1) is 11.6 Å². The van der Waals surface area contributed by atoms with Crippen LogP contribution in [0.5, 0.6) is 0 Å². The molecule has 1 aromatic heterocycles. The zero-order chi connectivity index (χ0) is 13.0. The molecular weight excluding hydrogens is 232 g/mol. The van der Waals surface area contributed by atoms with Gasteiger partial charge in [0.1, 0.15) is 12.1 Å². The van der Waals surface area contributed by atoms with E-state index in [2.05, 4.69) is 19.9 Å². The minimum atomic E-state index is -0.698. The summed E-state index contributed by atoms with van der Waals surface area (Å²) in [5, 5.41) is 8.95. The monoisotopic (exact) mass is 248 g/mol. The van der Waals surface area contributed by atoms with Crippen LogP contribution in [0.2, 0.25) is 0 Å². The molecule has 0 amide bonds. The maximum atomic E-state index is 10.9. The highest BCUT2D eigenvalue weighted by atomic mass is 16.4. The molecule has 18 heavy (non-hydrogen) atoms. The lowest BCUT2D eigenvalue weighted by atomic mass is 9.97. The number of nitrogens with zero attached hydrogens (tertiary/aromatic N) is 4. The highest BCUT2D eigenvalue weighted by Gasteiger charge is 2.25. The second kappa shape index (κ2) is 5.57. The fourth-order valence-electron chi connectivity index (χ4n) is 2.09. The normalized spacial score (nSPS) is 17.3. The first-order chi connectivity index (χ1) is 8.70. The van der Waals surface area contributed by atoms with E-state index in [1.165, 1.54) is 6.33 Å². The van der Waals surface area contributed by atoms with Gasteiger partial charge < -0.3 is 10.0 Å². The molecule has 96 valence electrons. The largest absolute Gasteiger partial charge is 0.481 e. The first kappa shape index (κ1) is 12.5. The lowest BCUT2D eigenvalue weighted by Crippen LogP contribution is -2.36. The summed E-state index contributed by atoms with van der Waals surface area (Å²) in [6.07, 6.45) is 4.51. The van der Waals surface area contributed by atoms with Crippen molar-refractivity contribution in [3.63, 3.8) is 0 Å². The van der Waals surface area contributed by atoms with Crippen LogP contribution in [-0.4, -0.2) is 47.4 Å². The maximum Gasteiger partial charge on any atom is 0.306 e. The summed E-state index contributed by atoms with van der Waals surface area (Å²) in [6, 6.07) is 1.87. The summed E-state index contributed by atoms with van der Waals surface area (Å²) < 4.78 is 0. The summed E-state index contributed by atoms with van der Waals surface area (Å²) in [6.45, 7) is 1.44. The zero-order valence-corrected chi connectivity index (χ0v) is 10.3. The molecule has 1 aliphatic heterocycles. The van der Waals surface area contributed by atoms with E-state index in [1.54, 1.807) is 13.3 Å². The molecule has 1 fully saturated rings. The molecule has 0 radical (unpaired) electrons. The van der Waals surface area contributed by atoms with Crippen LogP contribution in [0, 0.1) is 5.92 Å². The predicted molar refractivity (Wildman–Crippen MR) is 68.1 cm³/mol. The lowest BCUT2D eigenvalue weighted by molar-refractivity contribution is -0.142. The van der Waals surface area contributed by atoms with E-state index < -0.39 is 5.97 Å². The van der Waals surface area contributed by atoms with Gasteiger partial charge in [-0.1, -0.05) is 0 Å². The minimum absolute atomic E-state index is 0.222. The van der Waals surface area contributed by atoms with Gasteiger partial charge in [-0.05, 0) is 12.8 Å². The van der Waals surface area contributed by atoms with E-state index in [1.807, 2.05) is 6.07 Å². The second-order valence-electron chi connectivity index (χ2n) is 4.29. The van der Waals surface area contributed by atoms with Gasteiger partial charge >= 0.3 is 5.97 Å². The lowest BCUT2D eigenvalue weighted by Gasteiger charge is -2.30. The van der Waals surface area contributed by atoms with Crippen molar-refractivity contribution in [1.82, 2.24) is 9.97 Å². The van der Waals surface area contributed by atoms with E-state index in [9.17, 15) is 4.79 Å². The third-order valence-corrected chi connectivity index (χ3v) is 3.10. The second-order valence-corrected chi connectivity index (χ2v) is 4.29. The molecule has 1 aromatic rings. The van der Waals surface area contributed by atoms with Gasteiger partial charge in [-0.25, -0.2) is 9.97 Å². The summed E-state index contributed by atoms with van der Waals surface area (Å²) in [5.74, 6) is -0.0837. The molecule has 1 aliphatic rings. The average molecular weight is 248 g/mol. The van der Waals surface area contributed by atoms with E-state index in [0.717, 1.165) is 24.6 Å². The van der Waals surface area contributed by atoms with Crippen molar-refractivity contribution in [1.29, 1.82) is 0 Å². The first-order valence-electron chi connectivity index (χ1n) is 5.92. The van der Waals surface area contributed by atoms with E-state index >= 15 is 0 Å². The quantitative estimate of drug-likeness (QED) is 0.801. The van der Waals surface area contributed by atoms with Crippen LogP contribution in [0.4, 0.5) is 5.82 Å². The Balaban J connectivity index is 2.05. The molecule has 0 aliphatic carbocycles. The van der Waals surface area contributed by atoms with E-state index in [4.69, 9.17) is 5.11 Å². The first-order valence-corrected chi connectivity index (χ1v) is 5.92. The number of rotatable bonds is 3. The van der Waals surface area contributed by atoms with Crippen molar-refractivity contribution in [3.05, 3.63) is 18.1 Å². The van der Waals surface area contributed by atoms with Crippen LogP contribution in [0.15, 0.2) is 17.4 Å². The summed E-state index contributed by atoms with van der Waals surface area (Å²) >= 11 is 0. The molecule has 0 spiro atoms. The van der Waals surface area contributed by atoms with Crippen LogP contribution in [0.1, 0.15) is 18.5 Å². The molecular formula is C12H16N4O2. The summed E-state index contributed by atoms with van der Waals surface area (Å²) in [7, 11) is 1.69. The van der Waals surface area contributed by atoms with Gasteiger partial charge in [-0.2, -0.15) is 0 Å². The molecule has 2 heterocycles. The van der Waals surface area contributed by atoms with Crippen molar-refractivity contribution >= 4 is 18.0 Å². The molecule has 0 saturated carbocycles. The third-order valence-electron chi connectivity index (χ3n) is 3.10. The maximum absolute atomic E-state index is 10.9. The highest BCUT2D eigenvalue weighted by Crippen LogP contribution is 2.21. The van der Waals surface area contributed by atoms with Crippen LogP contribution < -0.4 is 4.90 Å². The van der Waals surface area contributed by atoms with Crippen molar-refractivity contribution < 1.29 is 9.90 Å². The number of aliphatic carboxylic acids is 1. The Morgan fingerprint density at radius 3 is 2.83 bits per heavy atom. The van der Waals surface area contributed by atoms with Crippen molar-refractivity contribution in [2.24, 2.45) is 10.9 Å². The Bertz CT molecular complexity index is 453. The molecule has 2 rings (SSSR count). The number of hydrogen-bond donors (Lipinski definition) is 1. The minimum Gasteiger partial charge on any atom is -0.481 e. The van der Waals surface area contributed by atoms with Crippen molar-refractivity contribution in [2.75, 3.05) is 25.0 Å². The number of aromatic nitrogens is 2. The van der Waals surface area contributed by atoms with Crippen LogP contribution in [0.25, 0.3) is 0 Å². The van der Waals surface area contributed by atoms with Gasteiger partial charge in [0.25, 0.3) is 0 Å². The topological polar surface area (TPSA) is 78.7 Å². The Morgan fingerprint density at radius 2 is 2.22 bits per heavy atom. The fraction of sp³-hybridized carbons (Fsp3) is 0.500. The molecule has 0 aromatic carbocycles. The number of carboxylic acid groups (broad SMARTS) is 1. The number of carboxylic acids is 1. The highest BCUT2D eigenvalue weighted by molar-refractivity contribution is 5.78. The summed E-state index contributed by atoms with van der Waals surface area (Å²) in [4.78, 5) is 25.2. The van der Waals surface area contributed by atoms with Crippen LogP contribution in [-0.2, 0) is 4.79 Å². The standard InChI is InChI=1S/C12H16N4O2/c1-13-7-10-6-11(15-8-14-10)16-4-2-9(3-5-16)12(17)18/h6-9H,2-5H2,1H3,(H,17,18). The fourth-order valence-corrected chi connectivity index (χ4v) is 2.09.